The van der Waals surface area contributed by atoms with Crippen LogP contribution < -0.4 is 11.5 Å². The molecule has 4 N–H and O–H groups in total. The zero-order chi connectivity index (χ0) is 13.9. The second-order valence-electron chi connectivity index (χ2n) is 6.19. The summed E-state index contributed by atoms with van der Waals surface area (Å²) in [5, 5.41) is 0. The molecule has 1 saturated heterocycles. The van der Waals surface area contributed by atoms with E-state index < -0.39 is 5.54 Å². The standard InChI is InChI=1S/C14H27N3O2/c1-19-10-11-4-7-17(9-11)8-5-12-3-2-6-14(12,16)13(15)18/h11-12H,2-10,16H2,1H3,(H2,15,18). The lowest BCUT2D eigenvalue weighted by Gasteiger charge is -2.29. The Morgan fingerprint density at radius 1 is 1.47 bits per heavy atom. The van der Waals surface area contributed by atoms with Crippen LogP contribution in [0.3, 0.4) is 0 Å². The topological polar surface area (TPSA) is 81.6 Å². The first-order valence-corrected chi connectivity index (χ1v) is 7.36. The molecule has 5 nitrogen and oxygen atoms in total. The number of nitrogens with two attached hydrogens (primary N) is 2. The fourth-order valence-electron chi connectivity index (χ4n) is 3.66. The van der Waals surface area contributed by atoms with Crippen molar-refractivity contribution >= 4 is 5.91 Å². The van der Waals surface area contributed by atoms with Crippen molar-refractivity contribution in [1.29, 1.82) is 0 Å². The van der Waals surface area contributed by atoms with E-state index in [9.17, 15) is 4.79 Å². The number of nitrogens with zero attached hydrogens (tertiary/aromatic N) is 1. The zero-order valence-electron chi connectivity index (χ0n) is 11.9. The highest BCUT2D eigenvalue weighted by Gasteiger charge is 2.44. The molecule has 2 fully saturated rings. The van der Waals surface area contributed by atoms with Crippen LogP contribution in [0.15, 0.2) is 0 Å². The summed E-state index contributed by atoms with van der Waals surface area (Å²) in [7, 11) is 1.76. The van der Waals surface area contributed by atoms with Gasteiger partial charge in [-0.15, -0.1) is 0 Å². The number of carbonyl (C=O) groups excluding carboxylic acids is 1. The molecule has 3 unspecified atom stereocenters. The van der Waals surface area contributed by atoms with Crippen molar-refractivity contribution in [2.75, 3.05) is 33.4 Å². The normalized spacial score (nSPS) is 35.9. The molecule has 5 heteroatoms. The van der Waals surface area contributed by atoms with Crippen LogP contribution in [-0.2, 0) is 9.53 Å². The SMILES string of the molecule is COCC1CCN(CCC2CCCC2(N)C(N)=O)C1. The van der Waals surface area contributed by atoms with E-state index in [1.807, 2.05) is 0 Å². The quantitative estimate of drug-likeness (QED) is 0.728. The van der Waals surface area contributed by atoms with Crippen molar-refractivity contribution in [2.45, 2.75) is 37.6 Å². The molecule has 2 aliphatic rings. The van der Waals surface area contributed by atoms with Crippen LogP contribution in [0.2, 0.25) is 0 Å². The van der Waals surface area contributed by atoms with Crippen molar-refractivity contribution in [3.05, 3.63) is 0 Å². The van der Waals surface area contributed by atoms with E-state index in [1.54, 1.807) is 7.11 Å². The lowest BCUT2D eigenvalue weighted by molar-refractivity contribution is -0.124. The molecular formula is C14H27N3O2. The number of primary amides is 1. The summed E-state index contributed by atoms with van der Waals surface area (Å²) in [4.78, 5) is 14.0. The second kappa shape index (κ2) is 6.20. The summed E-state index contributed by atoms with van der Waals surface area (Å²) in [5.74, 6) is 0.590. The second-order valence-corrected chi connectivity index (χ2v) is 6.19. The van der Waals surface area contributed by atoms with Crippen LogP contribution in [0.1, 0.15) is 32.1 Å². The number of likely N-dealkylation sites (tertiary alicyclic amines) is 1. The highest BCUT2D eigenvalue weighted by atomic mass is 16.5. The molecule has 19 heavy (non-hydrogen) atoms. The average Bonchev–Trinajstić information content (AvgIpc) is 2.95. The minimum absolute atomic E-state index is 0.256. The van der Waals surface area contributed by atoms with Crippen LogP contribution >= 0.6 is 0 Å². The Hall–Kier alpha value is -0.650. The Balaban J connectivity index is 1.78. The van der Waals surface area contributed by atoms with Gasteiger partial charge in [0.05, 0.1) is 12.1 Å². The van der Waals surface area contributed by atoms with Gasteiger partial charge < -0.3 is 21.1 Å². The van der Waals surface area contributed by atoms with Crippen molar-refractivity contribution in [2.24, 2.45) is 23.3 Å². The highest BCUT2D eigenvalue weighted by Crippen LogP contribution is 2.36. The highest BCUT2D eigenvalue weighted by molar-refractivity contribution is 5.85. The van der Waals surface area contributed by atoms with Gasteiger partial charge in [-0.2, -0.15) is 0 Å². The maximum absolute atomic E-state index is 11.5. The largest absolute Gasteiger partial charge is 0.384 e. The van der Waals surface area contributed by atoms with Crippen LogP contribution in [0, 0.1) is 11.8 Å². The van der Waals surface area contributed by atoms with Crippen molar-refractivity contribution in [3.8, 4) is 0 Å². The smallest absolute Gasteiger partial charge is 0.237 e. The Morgan fingerprint density at radius 2 is 2.26 bits per heavy atom. The van der Waals surface area contributed by atoms with Gasteiger partial charge >= 0.3 is 0 Å². The Kier molecular flexibility index (Phi) is 4.81. The molecule has 1 aliphatic carbocycles. The third-order valence-electron chi connectivity index (χ3n) is 4.90. The summed E-state index contributed by atoms with van der Waals surface area (Å²) in [6.07, 6.45) is 5.01. The van der Waals surface area contributed by atoms with Gasteiger partial charge in [-0.1, -0.05) is 6.42 Å². The monoisotopic (exact) mass is 269 g/mol. The molecule has 0 bridgehead atoms. The third-order valence-corrected chi connectivity index (χ3v) is 4.90. The first-order chi connectivity index (χ1) is 9.06. The summed E-state index contributed by atoms with van der Waals surface area (Å²) in [6.45, 7) is 4.11. The lowest BCUT2D eigenvalue weighted by Crippen LogP contribution is -2.55. The summed E-state index contributed by atoms with van der Waals surface area (Å²) >= 11 is 0. The number of hydrogen-bond acceptors (Lipinski definition) is 4. The first-order valence-electron chi connectivity index (χ1n) is 7.36. The van der Waals surface area contributed by atoms with Gasteiger partial charge in [-0.05, 0) is 50.6 Å². The lowest BCUT2D eigenvalue weighted by atomic mass is 9.85. The summed E-state index contributed by atoms with van der Waals surface area (Å²) in [5.41, 5.74) is 10.9. The molecule has 1 aliphatic heterocycles. The molecule has 110 valence electrons. The molecule has 0 aromatic carbocycles. The van der Waals surface area contributed by atoms with Crippen LogP contribution in [0.25, 0.3) is 0 Å². The zero-order valence-corrected chi connectivity index (χ0v) is 11.9. The number of ether oxygens (including phenoxy) is 1. The minimum Gasteiger partial charge on any atom is -0.384 e. The molecule has 0 aromatic rings. The molecule has 0 spiro atoms. The Bertz CT molecular complexity index is 324. The van der Waals surface area contributed by atoms with Gasteiger partial charge in [0.25, 0.3) is 0 Å². The van der Waals surface area contributed by atoms with Gasteiger partial charge in [0.2, 0.25) is 5.91 Å². The van der Waals surface area contributed by atoms with Gasteiger partial charge in [0.1, 0.15) is 0 Å². The first kappa shape index (κ1) is 14.8. The maximum atomic E-state index is 11.5. The molecule has 1 amide bonds. The number of amides is 1. The fourth-order valence-corrected chi connectivity index (χ4v) is 3.66. The van der Waals surface area contributed by atoms with Gasteiger partial charge in [-0.25, -0.2) is 0 Å². The van der Waals surface area contributed by atoms with Gasteiger partial charge in [-0.3, -0.25) is 4.79 Å². The van der Waals surface area contributed by atoms with Crippen molar-refractivity contribution < 1.29 is 9.53 Å². The van der Waals surface area contributed by atoms with E-state index in [4.69, 9.17) is 16.2 Å². The molecule has 0 aromatic heterocycles. The summed E-state index contributed by atoms with van der Waals surface area (Å²) in [6, 6.07) is 0. The molecule has 3 atom stereocenters. The minimum atomic E-state index is -0.758. The maximum Gasteiger partial charge on any atom is 0.237 e. The third kappa shape index (κ3) is 3.27. The van der Waals surface area contributed by atoms with Crippen molar-refractivity contribution in [1.82, 2.24) is 4.90 Å². The van der Waals surface area contributed by atoms with E-state index >= 15 is 0 Å². The number of rotatable bonds is 6. The summed E-state index contributed by atoms with van der Waals surface area (Å²) < 4.78 is 5.21. The Morgan fingerprint density at radius 3 is 2.95 bits per heavy atom. The predicted octanol–water partition coefficient (Wildman–Crippen LogP) is 0.328. The van der Waals surface area contributed by atoms with Crippen LogP contribution in [-0.4, -0.2) is 49.7 Å². The van der Waals surface area contributed by atoms with E-state index in [1.165, 1.54) is 6.42 Å². The predicted molar refractivity (Wildman–Crippen MR) is 74.5 cm³/mol. The molecular weight excluding hydrogens is 242 g/mol. The van der Waals surface area contributed by atoms with Crippen molar-refractivity contribution in [3.63, 3.8) is 0 Å². The van der Waals surface area contributed by atoms with E-state index in [0.717, 1.165) is 51.9 Å². The van der Waals surface area contributed by atoms with Gasteiger partial charge in [0.15, 0.2) is 0 Å². The molecule has 0 radical (unpaired) electrons. The van der Waals surface area contributed by atoms with Gasteiger partial charge in [0, 0.05) is 13.7 Å². The average molecular weight is 269 g/mol. The number of carbonyl (C=O) groups is 1. The number of hydrogen-bond donors (Lipinski definition) is 2. The molecule has 2 rings (SSSR count). The molecule has 1 heterocycles. The van der Waals surface area contributed by atoms with E-state index in [-0.39, 0.29) is 11.8 Å². The van der Waals surface area contributed by atoms with E-state index in [0.29, 0.717) is 5.92 Å². The van der Waals surface area contributed by atoms with E-state index in [2.05, 4.69) is 4.90 Å². The Labute approximate surface area is 115 Å². The van der Waals surface area contributed by atoms with Crippen LogP contribution in [0.4, 0.5) is 0 Å². The molecule has 1 saturated carbocycles. The van der Waals surface area contributed by atoms with Crippen LogP contribution in [0.5, 0.6) is 0 Å². The number of methoxy groups -OCH3 is 1. The fraction of sp³-hybridized carbons (Fsp3) is 0.929.